The highest BCUT2D eigenvalue weighted by Crippen LogP contribution is 2.38. The van der Waals surface area contributed by atoms with Gasteiger partial charge in [0.05, 0.1) is 23.1 Å². The van der Waals surface area contributed by atoms with Crippen LogP contribution in [0.5, 0.6) is 0 Å². The Balaban J connectivity index is 1.96. The first-order valence-electron chi connectivity index (χ1n) is 7.70. The molecule has 1 fully saturated rings. The van der Waals surface area contributed by atoms with Crippen LogP contribution in [0.4, 0.5) is 0 Å². The van der Waals surface area contributed by atoms with Crippen LogP contribution in [-0.2, 0) is 14.6 Å². The summed E-state index contributed by atoms with van der Waals surface area (Å²) in [7, 11) is -1.56. The van der Waals surface area contributed by atoms with Crippen molar-refractivity contribution in [1.29, 1.82) is 0 Å². The molecule has 2 aromatic rings. The van der Waals surface area contributed by atoms with Gasteiger partial charge in [-0.3, -0.25) is 4.79 Å². The molecule has 0 bridgehead atoms. The molecular formula is C16H17Cl2NO4S2. The minimum Gasteiger partial charge on any atom is -0.383 e. The summed E-state index contributed by atoms with van der Waals surface area (Å²) in [5.74, 6) is -0.178. The number of hydrogen-bond acceptors (Lipinski definition) is 5. The minimum absolute atomic E-state index is 0.0171. The molecule has 25 heavy (non-hydrogen) atoms. The fraction of sp³-hybridized carbons (Fsp3) is 0.438. The van der Waals surface area contributed by atoms with Crippen LogP contribution >= 0.6 is 34.5 Å². The molecule has 0 saturated carbocycles. The van der Waals surface area contributed by atoms with Crippen LogP contribution in [0.2, 0.25) is 10.0 Å². The predicted molar refractivity (Wildman–Crippen MR) is 102 cm³/mol. The van der Waals surface area contributed by atoms with Crippen molar-refractivity contribution in [3.63, 3.8) is 0 Å². The fourth-order valence-corrected chi connectivity index (χ4v) is 6.44. The second kappa shape index (κ2) is 7.40. The van der Waals surface area contributed by atoms with Gasteiger partial charge in [0, 0.05) is 34.8 Å². The Labute approximate surface area is 160 Å². The summed E-state index contributed by atoms with van der Waals surface area (Å²) >= 11 is 13.7. The van der Waals surface area contributed by atoms with Crippen molar-refractivity contribution in [2.75, 3.05) is 31.8 Å². The summed E-state index contributed by atoms with van der Waals surface area (Å²) in [5.41, 5.74) is 0. The van der Waals surface area contributed by atoms with Crippen molar-refractivity contribution >= 4 is 60.4 Å². The van der Waals surface area contributed by atoms with Crippen molar-refractivity contribution < 1.29 is 17.9 Å². The molecule has 5 nitrogen and oxygen atoms in total. The number of carbonyl (C=O) groups is 1. The zero-order valence-corrected chi connectivity index (χ0v) is 16.6. The Morgan fingerprint density at radius 2 is 2.16 bits per heavy atom. The molecule has 1 amide bonds. The van der Waals surface area contributed by atoms with E-state index in [1.54, 1.807) is 30.2 Å². The molecule has 3 rings (SSSR count). The number of rotatable bonds is 5. The van der Waals surface area contributed by atoms with Gasteiger partial charge < -0.3 is 9.64 Å². The molecular weight excluding hydrogens is 405 g/mol. The van der Waals surface area contributed by atoms with E-state index in [4.69, 9.17) is 27.9 Å². The average molecular weight is 422 g/mol. The first-order valence-corrected chi connectivity index (χ1v) is 11.1. The van der Waals surface area contributed by atoms with Crippen LogP contribution in [0.25, 0.3) is 10.1 Å². The van der Waals surface area contributed by atoms with E-state index in [0.717, 1.165) is 10.1 Å². The molecule has 0 radical (unpaired) electrons. The third-order valence-corrected chi connectivity index (χ3v) is 7.86. The number of ether oxygens (including phenoxy) is 1. The minimum atomic E-state index is -3.10. The molecule has 0 aliphatic carbocycles. The van der Waals surface area contributed by atoms with Gasteiger partial charge in [0.15, 0.2) is 9.84 Å². The molecule has 1 unspecified atom stereocenters. The number of benzene rings is 1. The van der Waals surface area contributed by atoms with Gasteiger partial charge in [-0.05, 0) is 18.6 Å². The van der Waals surface area contributed by atoms with Gasteiger partial charge in [-0.25, -0.2) is 8.42 Å². The number of fused-ring (bicyclic) bond motifs is 1. The maximum Gasteiger partial charge on any atom is 0.265 e. The van der Waals surface area contributed by atoms with Crippen LogP contribution in [0.3, 0.4) is 0 Å². The first kappa shape index (κ1) is 18.9. The molecule has 1 aromatic heterocycles. The Morgan fingerprint density at radius 3 is 2.80 bits per heavy atom. The summed E-state index contributed by atoms with van der Waals surface area (Å²) in [6, 6.07) is 4.93. The molecule has 1 aromatic carbocycles. The van der Waals surface area contributed by atoms with Gasteiger partial charge in [0.25, 0.3) is 5.91 Å². The van der Waals surface area contributed by atoms with Gasteiger partial charge in [-0.15, -0.1) is 11.3 Å². The fourth-order valence-electron chi connectivity index (χ4n) is 2.97. The van der Waals surface area contributed by atoms with Gasteiger partial charge in [0.1, 0.15) is 4.88 Å². The van der Waals surface area contributed by atoms with E-state index in [1.165, 1.54) is 11.3 Å². The number of thiophene rings is 1. The molecule has 1 atom stereocenters. The molecule has 2 heterocycles. The summed E-state index contributed by atoms with van der Waals surface area (Å²) < 4.78 is 29.5. The lowest BCUT2D eigenvalue weighted by atomic mass is 10.2. The van der Waals surface area contributed by atoms with Crippen molar-refractivity contribution in [2.45, 2.75) is 12.5 Å². The monoisotopic (exact) mass is 421 g/mol. The van der Waals surface area contributed by atoms with Crippen LogP contribution in [0.15, 0.2) is 18.2 Å². The molecule has 1 saturated heterocycles. The molecule has 0 spiro atoms. The van der Waals surface area contributed by atoms with Crippen molar-refractivity contribution in [3.05, 3.63) is 33.1 Å². The van der Waals surface area contributed by atoms with Crippen LogP contribution in [-0.4, -0.2) is 57.0 Å². The molecule has 1 aliphatic heterocycles. The topological polar surface area (TPSA) is 63.7 Å². The number of halogens is 2. The first-order chi connectivity index (χ1) is 11.8. The van der Waals surface area contributed by atoms with E-state index in [9.17, 15) is 13.2 Å². The van der Waals surface area contributed by atoms with E-state index < -0.39 is 9.84 Å². The lowest BCUT2D eigenvalue weighted by Crippen LogP contribution is -2.42. The number of hydrogen-bond donors (Lipinski definition) is 0. The number of carbonyl (C=O) groups excluding carboxylic acids is 1. The standard InChI is InChI=1S/C16H17Cl2NO4S2/c1-23-6-5-19(11-4-7-25(21,22)9-11)16(20)15-14(18)12-3-2-10(17)8-13(12)24-15/h2-3,8,11H,4-7,9H2,1H3. The Kier molecular flexibility index (Phi) is 5.60. The van der Waals surface area contributed by atoms with Crippen LogP contribution in [0.1, 0.15) is 16.1 Å². The number of amides is 1. The SMILES string of the molecule is COCCN(C(=O)c1sc2cc(Cl)ccc2c1Cl)C1CCS(=O)(=O)C1. The Hall–Kier alpha value is -0.860. The van der Waals surface area contributed by atoms with Gasteiger partial charge in [-0.2, -0.15) is 0 Å². The van der Waals surface area contributed by atoms with E-state index in [1.807, 2.05) is 0 Å². The summed E-state index contributed by atoms with van der Waals surface area (Å²) in [5, 5.41) is 1.72. The third-order valence-electron chi connectivity index (χ3n) is 4.23. The number of nitrogens with zero attached hydrogens (tertiary/aromatic N) is 1. The Bertz CT molecular complexity index is 910. The van der Waals surface area contributed by atoms with Crippen LogP contribution < -0.4 is 0 Å². The molecule has 1 aliphatic rings. The zero-order chi connectivity index (χ0) is 18.2. The van der Waals surface area contributed by atoms with E-state index in [0.29, 0.717) is 34.5 Å². The highest BCUT2D eigenvalue weighted by Gasteiger charge is 2.36. The normalized spacial score (nSPS) is 19.4. The zero-order valence-electron chi connectivity index (χ0n) is 13.5. The van der Waals surface area contributed by atoms with Gasteiger partial charge in [0.2, 0.25) is 0 Å². The summed E-state index contributed by atoms with van der Waals surface area (Å²) in [6.07, 6.45) is 0.437. The van der Waals surface area contributed by atoms with Gasteiger partial charge in [-0.1, -0.05) is 29.3 Å². The maximum atomic E-state index is 13.1. The number of methoxy groups -OCH3 is 1. The largest absolute Gasteiger partial charge is 0.383 e. The maximum absolute atomic E-state index is 13.1. The predicted octanol–water partition coefficient (Wildman–Crippen LogP) is 3.48. The van der Waals surface area contributed by atoms with Crippen molar-refractivity contribution in [2.24, 2.45) is 0 Å². The molecule has 136 valence electrons. The summed E-state index contributed by atoms with van der Waals surface area (Å²) in [4.78, 5) is 15.1. The second-order valence-electron chi connectivity index (χ2n) is 5.93. The third kappa shape index (κ3) is 3.95. The quantitative estimate of drug-likeness (QED) is 0.740. The second-order valence-corrected chi connectivity index (χ2v) is 10.0. The smallest absolute Gasteiger partial charge is 0.265 e. The van der Waals surface area contributed by atoms with Gasteiger partial charge >= 0.3 is 0 Å². The van der Waals surface area contributed by atoms with Crippen molar-refractivity contribution in [3.8, 4) is 0 Å². The lowest BCUT2D eigenvalue weighted by molar-refractivity contribution is 0.0629. The highest BCUT2D eigenvalue weighted by molar-refractivity contribution is 7.91. The molecule has 9 heteroatoms. The van der Waals surface area contributed by atoms with Crippen LogP contribution in [0, 0.1) is 0 Å². The van der Waals surface area contributed by atoms with E-state index in [-0.39, 0.29) is 23.5 Å². The number of sulfone groups is 1. The highest BCUT2D eigenvalue weighted by atomic mass is 35.5. The van der Waals surface area contributed by atoms with E-state index in [2.05, 4.69) is 0 Å². The van der Waals surface area contributed by atoms with E-state index >= 15 is 0 Å². The Morgan fingerprint density at radius 1 is 1.40 bits per heavy atom. The summed E-state index contributed by atoms with van der Waals surface area (Å²) in [6.45, 7) is 0.650. The molecule has 0 N–H and O–H groups in total. The lowest BCUT2D eigenvalue weighted by Gasteiger charge is -2.27. The average Bonchev–Trinajstić information content (AvgIpc) is 3.07. The van der Waals surface area contributed by atoms with Crippen molar-refractivity contribution in [1.82, 2.24) is 4.90 Å².